The molecule has 0 aliphatic rings. The maximum Gasteiger partial charge on any atom is 0.0765 e. The Hall–Kier alpha value is -1.06. The largest absolute Gasteiger partial charge is 0.389 e. The van der Waals surface area contributed by atoms with E-state index in [1.807, 2.05) is 20.9 Å². The zero-order valence-electron chi connectivity index (χ0n) is 13.1. The third-order valence-corrected chi connectivity index (χ3v) is 3.09. The molecule has 1 rings (SSSR count). The number of nitrogens with one attached hydrogen (secondary N) is 1. The van der Waals surface area contributed by atoms with Crippen LogP contribution in [0.25, 0.3) is 0 Å². The monoisotopic (exact) mass is 264 g/mol. The lowest BCUT2D eigenvalue weighted by Gasteiger charge is -2.27. The van der Waals surface area contributed by atoms with Crippen molar-refractivity contribution in [1.82, 2.24) is 5.32 Å². The molecule has 0 aliphatic carbocycles. The highest BCUT2D eigenvalue weighted by Crippen LogP contribution is 2.20. The van der Waals surface area contributed by atoms with Gasteiger partial charge in [0.25, 0.3) is 0 Å². The van der Waals surface area contributed by atoms with Crippen molar-refractivity contribution in [1.29, 1.82) is 0 Å². The van der Waals surface area contributed by atoms with Crippen LogP contribution in [-0.2, 0) is 6.54 Å². The molecule has 3 nitrogen and oxygen atoms in total. The Balaban J connectivity index is 2.76. The van der Waals surface area contributed by atoms with E-state index >= 15 is 0 Å². The predicted octanol–water partition coefficient (Wildman–Crippen LogP) is 2.70. The molecule has 0 radical (unpaired) electrons. The number of hydrogen-bond acceptors (Lipinski definition) is 3. The SMILES string of the molecule is Cc1cc(N(C)CC(C)(C)O)ccc1CNC(C)C. The normalized spacial score (nSPS) is 12.0. The zero-order chi connectivity index (χ0) is 14.6. The molecule has 0 fully saturated rings. The first-order valence-electron chi connectivity index (χ1n) is 6.95. The van der Waals surface area contributed by atoms with Gasteiger partial charge in [0.15, 0.2) is 0 Å². The fraction of sp³-hybridized carbons (Fsp3) is 0.625. The van der Waals surface area contributed by atoms with Crippen LogP contribution >= 0.6 is 0 Å². The molecule has 0 spiro atoms. The summed E-state index contributed by atoms with van der Waals surface area (Å²) in [7, 11) is 2.01. The molecule has 3 heteroatoms. The number of aryl methyl sites for hydroxylation is 1. The van der Waals surface area contributed by atoms with Gasteiger partial charge in [0, 0.05) is 31.9 Å². The molecule has 0 heterocycles. The van der Waals surface area contributed by atoms with E-state index in [2.05, 4.69) is 49.2 Å². The van der Waals surface area contributed by atoms with Crippen molar-refractivity contribution >= 4 is 5.69 Å². The molecule has 2 N–H and O–H groups in total. The van der Waals surface area contributed by atoms with Crippen LogP contribution in [-0.4, -0.2) is 30.3 Å². The Morgan fingerprint density at radius 3 is 2.42 bits per heavy atom. The Bertz CT molecular complexity index is 408. The van der Waals surface area contributed by atoms with Gasteiger partial charge < -0.3 is 15.3 Å². The second-order valence-corrected chi connectivity index (χ2v) is 6.31. The van der Waals surface area contributed by atoms with Crippen LogP contribution in [0, 0.1) is 6.92 Å². The number of anilines is 1. The van der Waals surface area contributed by atoms with Gasteiger partial charge in [-0.05, 0) is 44.0 Å². The number of nitrogens with zero attached hydrogens (tertiary/aromatic N) is 1. The van der Waals surface area contributed by atoms with Crippen LogP contribution in [0.15, 0.2) is 18.2 Å². The zero-order valence-corrected chi connectivity index (χ0v) is 13.1. The molecule has 0 unspecified atom stereocenters. The van der Waals surface area contributed by atoms with E-state index in [9.17, 15) is 5.11 Å². The molecular formula is C16H28N2O. The van der Waals surface area contributed by atoms with Gasteiger partial charge in [-0.1, -0.05) is 19.9 Å². The predicted molar refractivity (Wildman–Crippen MR) is 82.7 cm³/mol. The maximum atomic E-state index is 9.87. The van der Waals surface area contributed by atoms with Crippen LogP contribution in [0.5, 0.6) is 0 Å². The third kappa shape index (κ3) is 5.62. The highest BCUT2D eigenvalue weighted by molar-refractivity contribution is 5.50. The van der Waals surface area contributed by atoms with Crippen LogP contribution in [0.2, 0.25) is 0 Å². The van der Waals surface area contributed by atoms with E-state index < -0.39 is 5.60 Å². The van der Waals surface area contributed by atoms with Crippen molar-refractivity contribution in [2.45, 2.75) is 52.8 Å². The van der Waals surface area contributed by atoms with E-state index in [-0.39, 0.29) is 0 Å². The first-order valence-corrected chi connectivity index (χ1v) is 6.95. The number of aliphatic hydroxyl groups is 1. The number of likely N-dealkylation sites (N-methyl/N-ethyl adjacent to an activating group) is 1. The quantitative estimate of drug-likeness (QED) is 0.829. The number of hydrogen-bond donors (Lipinski definition) is 2. The molecule has 0 saturated carbocycles. The van der Waals surface area contributed by atoms with Crippen molar-refractivity contribution in [3.05, 3.63) is 29.3 Å². The summed E-state index contributed by atoms with van der Waals surface area (Å²) in [6.07, 6.45) is 0. The minimum absolute atomic E-state index is 0.497. The summed E-state index contributed by atoms with van der Waals surface area (Å²) in [5.41, 5.74) is 3.08. The summed E-state index contributed by atoms with van der Waals surface area (Å²) in [4.78, 5) is 2.09. The van der Waals surface area contributed by atoms with Crippen molar-refractivity contribution < 1.29 is 5.11 Å². The Morgan fingerprint density at radius 1 is 1.32 bits per heavy atom. The van der Waals surface area contributed by atoms with E-state index in [1.54, 1.807) is 0 Å². The summed E-state index contributed by atoms with van der Waals surface area (Å²) in [5.74, 6) is 0. The van der Waals surface area contributed by atoms with Gasteiger partial charge in [0.1, 0.15) is 0 Å². The Morgan fingerprint density at radius 2 is 1.95 bits per heavy atom. The Labute approximate surface area is 117 Å². The molecular weight excluding hydrogens is 236 g/mol. The molecule has 1 aromatic rings. The molecule has 0 atom stereocenters. The third-order valence-electron chi connectivity index (χ3n) is 3.09. The van der Waals surface area contributed by atoms with Gasteiger partial charge in [-0.3, -0.25) is 0 Å². The Kier molecular flexibility index (Phi) is 5.39. The van der Waals surface area contributed by atoms with Crippen molar-refractivity contribution in [2.24, 2.45) is 0 Å². The van der Waals surface area contributed by atoms with E-state index in [4.69, 9.17) is 0 Å². The highest BCUT2D eigenvalue weighted by Gasteiger charge is 2.16. The summed E-state index contributed by atoms with van der Waals surface area (Å²) in [6.45, 7) is 11.6. The van der Waals surface area contributed by atoms with Gasteiger partial charge in [-0.25, -0.2) is 0 Å². The van der Waals surface area contributed by atoms with Gasteiger partial charge in [0.2, 0.25) is 0 Å². The van der Waals surface area contributed by atoms with Crippen LogP contribution in [0.4, 0.5) is 5.69 Å². The first kappa shape index (κ1) is 16.0. The molecule has 0 amide bonds. The molecule has 0 aliphatic heterocycles. The van der Waals surface area contributed by atoms with Crippen molar-refractivity contribution in [2.75, 3.05) is 18.5 Å². The summed E-state index contributed by atoms with van der Waals surface area (Å²) in [6, 6.07) is 6.97. The fourth-order valence-corrected chi connectivity index (χ4v) is 2.10. The lowest BCUT2D eigenvalue weighted by atomic mass is 10.1. The van der Waals surface area contributed by atoms with Crippen LogP contribution in [0.3, 0.4) is 0 Å². The molecule has 0 aromatic heterocycles. The maximum absolute atomic E-state index is 9.87. The summed E-state index contributed by atoms with van der Waals surface area (Å²) < 4.78 is 0. The lowest BCUT2D eigenvalue weighted by Crippen LogP contribution is -2.36. The standard InChI is InChI=1S/C16H28N2O/c1-12(2)17-10-14-7-8-15(9-13(14)3)18(6)11-16(4,5)19/h7-9,12,17,19H,10-11H2,1-6H3. The van der Waals surface area contributed by atoms with Crippen LogP contribution in [0.1, 0.15) is 38.8 Å². The van der Waals surface area contributed by atoms with Crippen molar-refractivity contribution in [3.8, 4) is 0 Å². The molecule has 0 bridgehead atoms. The number of benzene rings is 1. The molecule has 0 saturated heterocycles. The van der Waals surface area contributed by atoms with E-state index in [0.717, 1.165) is 12.2 Å². The van der Waals surface area contributed by atoms with Crippen LogP contribution < -0.4 is 10.2 Å². The second-order valence-electron chi connectivity index (χ2n) is 6.31. The van der Waals surface area contributed by atoms with Gasteiger partial charge in [-0.15, -0.1) is 0 Å². The molecule has 19 heavy (non-hydrogen) atoms. The highest BCUT2D eigenvalue weighted by atomic mass is 16.3. The molecule has 108 valence electrons. The topological polar surface area (TPSA) is 35.5 Å². The van der Waals surface area contributed by atoms with Gasteiger partial charge in [-0.2, -0.15) is 0 Å². The van der Waals surface area contributed by atoms with E-state index in [0.29, 0.717) is 12.6 Å². The average Bonchev–Trinajstić information content (AvgIpc) is 2.24. The minimum atomic E-state index is -0.680. The first-order chi connectivity index (χ1) is 8.69. The van der Waals surface area contributed by atoms with Gasteiger partial charge in [0.05, 0.1) is 5.60 Å². The summed E-state index contributed by atoms with van der Waals surface area (Å²) in [5, 5.41) is 13.3. The summed E-state index contributed by atoms with van der Waals surface area (Å²) >= 11 is 0. The second kappa shape index (κ2) is 6.40. The fourth-order valence-electron chi connectivity index (χ4n) is 2.10. The average molecular weight is 264 g/mol. The van der Waals surface area contributed by atoms with E-state index in [1.165, 1.54) is 11.1 Å². The molecule has 1 aromatic carbocycles. The minimum Gasteiger partial charge on any atom is -0.389 e. The van der Waals surface area contributed by atoms with Gasteiger partial charge >= 0.3 is 0 Å². The van der Waals surface area contributed by atoms with Crippen molar-refractivity contribution in [3.63, 3.8) is 0 Å². The number of rotatable bonds is 6. The lowest BCUT2D eigenvalue weighted by molar-refractivity contribution is 0.0886. The smallest absolute Gasteiger partial charge is 0.0765 e.